The first-order valence-corrected chi connectivity index (χ1v) is 13.4. The largest absolute Gasteiger partial charge is 0.507 e. The molecule has 35 heavy (non-hydrogen) atoms. The molecule has 0 aliphatic carbocycles. The van der Waals surface area contributed by atoms with Crippen molar-refractivity contribution in [1.29, 1.82) is 0 Å². The minimum atomic E-state index is 0.233. The maximum absolute atomic E-state index is 10.9. The van der Waals surface area contributed by atoms with Crippen LogP contribution in [-0.4, -0.2) is 29.3 Å². The fourth-order valence-corrected chi connectivity index (χ4v) is 4.16. The topological polar surface area (TPSA) is 65.2 Å². The number of phenolic OH excluding ortho intramolecular Hbond substituents is 2. The SMILES string of the molecule is CCC(C)c1cc(C=NCN=Cc2cc(C(C)CC)cc(C(C)CC)c2O)c(O)c(C(C)CC)c1. The van der Waals surface area contributed by atoms with Crippen LogP contribution in [0.1, 0.15) is 138 Å². The van der Waals surface area contributed by atoms with Gasteiger partial charge >= 0.3 is 0 Å². The van der Waals surface area contributed by atoms with Crippen molar-refractivity contribution in [2.45, 2.75) is 105 Å². The first kappa shape index (κ1) is 28.6. The molecule has 2 N–H and O–H groups in total. The molecule has 4 heteroatoms. The van der Waals surface area contributed by atoms with Crippen LogP contribution in [0.4, 0.5) is 0 Å². The first-order valence-electron chi connectivity index (χ1n) is 13.4. The van der Waals surface area contributed by atoms with Crippen LogP contribution in [0, 0.1) is 0 Å². The van der Waals surface area contributed by atoms with Crippen LogP contribution in [0.3, 0.4) is 0 Å². The highest BCUT2D eigenvalue weighted by Gasteiger charge is 2.17. The Morgan fingerprint density at radius 2 is 0.943 bits per heavy atom. The zero-order valence-corrected chi connectivity index (χ0v) is 23.1. The molecule has 0 saturated heterocycles. The molecule has 0 spiro atoms. The molecular weight excluding hydrogens is 432 g/mol. The molecule has 0 radical (unpaired) electrons. The molecule has 4 atom stereocenters. The van der Waals surface area contributed by atoms with Gasteiger partial charge in [0.25, 0.3) is 0 Å². The maximum Gasteiger partial charge on any atom is 0.129 e. The maximum atomic E-state index is 10.9. The molecule has 0 aliphatic heterocycles. The van der Waals surface area contributed by atoms with Crippen molar-refractivity contribution < 1.29 is 10.2 Å². The molecule has 0 saturated carbocycles. The predicted octanol–water partition coefficient (Wildman–Crippen LogP) is 8.65. The molecule has 2 aromatic rings. The zero-order valence-electron chi connectivity index (χ0n) is 23.1. The number of hydrogen-bond donors (Lipinski definition) is 2. The van der Waals surface area contributed by atoms with E-state index < -0.39 is 0 Å². The van der Waals surface area contributed by atoms with E-state index in [9.17, 15) is 10.2 Å². The summed E-state index contributed by atoms with van der Waals surface area (Å²) < 4.78 is 0. The number of aromatic hydroxyl groups is 2. The molecule has 0 aliphatic rings. The van der Waals surface area contributed by atoms with E-state index in [0.717, 1.165) is 47.9 Å². The van der Waals surface area contributed by atoms with Gasteiger partial charge in [-0.1, -0.05) is 67.5 Å². The van der Waals surface area contributed by atoms with Crippen molar-refractivity contribution >= 4 is 12.4 Å². The Kier molecular flexibility index (Phi) is 11.0. The Labute approximate surface area is 213 Å². The van der Waals surface area contributed by atoms with E-state index in [0.29, 0.717) is 23.3 Å². The van der Waals surface area contributed by atoms with E-state index in [4.69, 9.17) is 0 Å². The highest BCUT2D eigenvalue weighted by atomic mass is 16.3. The van der Waals surface area contributed by atoms with Gasteiger partial charge in [-0.2, -0.15) is 0 Å². The predicted molar refractivity (Wildman–Crippen MR) is 151 cm³/mol. The van der Waals surface area contributed by atoms with Crippen molar-refractivity contribution in [1.82, 2.24) is 0 Å². The second kappa shape index (κ2) is 13.5. The minimum absolute atomic E-state index is 0.233. The van der Waals surface area contributed by atoms with Gasteiger partial charge in [0, 0.05) is 23.6 Å². The van der Waals surface area contributed by atoms with Crippen molar-refractivity contribution in [3.05, 3.63) is 57.6 Å². The van der Waals surface area contributed by atoms with E-state index in [1.807, 2.05) is 12.1 Å². The highest BCUT2D eigenvalue weighted by Crippen LogP contribution is 2.36. The van der Waals surface area contributed by atoms with Crippen LogP contribution in [0.15, 0.2) is 34.3 Å². The zero-order chi connectivity index (χ0) is 26.1. The third kappa shape index (κ3) is 7.19. The third-order valence-electron chi connectivity index (χ3n) is 7.66. The van der Waals surface area contributed by atoms with Gasteiger partial charge < -0.3 is 10.2 Å². The van der Waals surface area contributed by atoms with Crippen molar-refractivity contribution in [2.24, 2.45) is 9.98 Å². The van der Waals surface area contributed by atoms with Crippen LogP contribution in [0.25, 0.3) is 0 Å². The normalized spacial score (nSPS) is 15.5. The average Bonchev–Trinajstić information content (AvgIpc) is 2.88. The summed E-state index contributed by atoms with van der Waals surface area (Å²) in [6, 6.07) is 8.38. The van der Waals surface area contributed by atoms with E-state index >= 15 is 0 Å². The fourth-order valence-electron chi connectivity index (χ4n) is 4.16. The quantitative estimate of drug-likeness (QED) is 0.300. The second-order valence-electron chi connectivity index (χ2n) is 10.1. The summed E-state index contributed by atoms with van der Waals surface area (Å²) in [7, 11) is 0. The number of benzene rings is 2. The molecule has 2 aromatic carbocycles. The average molecular weight is 479 g/mol. The van der Waals surface area contributed by atoms with Crippen LogP contribution < -0.4 is 0 Å². The van der Waals surface area contributed by atoms with Crippen LogP contribution in [0.2, 0.25) is 0 Å². The molecule has 192 valence electrons. The Bertz CT molecular complexity index is 944. The Hall–Kier alpha value is -2.62. The number of hydrogen-bond acceptors (Lipinski definition) is 4. The van der Waals surface area contributed by atoms with Gasteiger partial charge in [0.2, 0.25) is 0 Å². The van der Waals surface area contributed by atoms with Crippen molar-refractivity contribution in [2.75, 3.05) is 6.67 Å². The van der Waals surface area contributed by atoms with Crippen LogP contribution in [0.5, 0.6) is 11.5 Å². The van der Waals surface area contributed by atoms with E-state index in [-0.39, 0.29) is 18.5 Å². The number of aliphatic imine (C=N–C) groups is 2. The standard InChI is InChI=1S/C31H46N2O2/c1-9-20(5)24-13-26(30(34)28(15-24)22(7)11-3)17-32-19-33-18-27-14-25(21(6)10-2)16-29(31(27)35)23(8)12-4/h13-18,20-23,34-35H,9-12,19H2,1-8H3. The molecular formula is C31H46N2O2. The monoisotopic (exact) mass is 478 g/mol. The summed E-state index contributed by atoms with van der Waals surface area (Å²) >= 11 is 0. The summed E-state index contributed by atoms with van der Waals surface area (Å²) in [6.45, 7) is 17.6. The molecule has 0 bridgehead atoms. The van der Waals surface area contributed by atoms with Gasteiger partial charge in [-0.05, 0) is 83.7 Å². The number of rotatable bonds is 12. The number of phenols is 2. The van der Waals surface area contributed by atoms with Gasteiger partial charge in [-0.3, -0.25) is 9.98 Å². The lowest BCUT2D eigenvalue weighted by Crippen LogP contribution is -2.01. The molecule has 4 unspecified atom stereocenters. The Morgan fingerprint density at radius 1 is 0.600 bits per heavy atom. The summed E-state index contributed by atoms with van der Waals surface area (Å²) in [5, 5.41) is 21.8. The van der Waals surface area contributed by atoms with E-state index in [2.05, 4.69) is 77.5 Å². The van der Waals surface area contributed by atoms with Gasteiger partial charge in [0.05, 0.1) is 0 Å². The van der Waals surface area contributed by atoms with Gasteiger partial charge in [0.1, 0.15) is 18.2 Å². The molecule has 0 heterocycles. The van der Waals surface area contributed by atoms with E-state index in [1.165, 1.54) is 11.1 Å². The first-order chi connectivity index (χ1) is 16.7. The third-order valence-corrected chi connectivity index (χ3v) is 7.66. The van der Waals surface area contributed by atoms with E-state index in [1.54, 1.807) is 12.4 Å². The Morgan fingerprint density at radius 3 is 1.26 bits per heavy atom. The lowest BCUT2D eigenvalue weighted by Gasteiger charge is -2.18. The second-order valence-corrected chi connectivity index (χ2v) is 10.1. The van der Waals surface area contributed by atoms with Crippen LogP contribution >= 0.6 is 0 Å². The number of nitrogens with zero attached hydrogens (tertiary/aromatic N) is 2. The molecule has 2 rings (SSSR count). The van der Waals surface area contributed by atoms with Crippen molar-refractivity contribution in [3.63, 3.8) is 0 Å². The fraction of sp³-hybridized carbons (Fsp3) is 0.548. The van der Waals surface area contributed by atoms with Crippen molar-refractivity contribution in [3.8, 4) is 11.5 Å². The molecule has 4 nitrogen and oxygen atoms in total. The minimum Gasteiger partial charge on any atom is -0.507 e. The van der Waals surface area contributed by atoms with Crippen LogP contribution in [-0.2, 0) is 0 Å². The molecule has 0 amide bonds. The lowest BCUT2D eigenvalue weighted by molar-refractivity contribution is 0.460. The highest BCUT2D eigenvalue weighted by molar-refractivity contribution is 5.86. The molecule has 0 fully saturated rings. The summed E-state index contributed by atoms with van der Waals surface area (Å²) in [5.41, 5.74) is 5.92. The lowest BCUT2D eigenvalue weighted by atomic mass is 9.89. The smallest absolute Gasteiger partial charge is 0.129 e. The summed E-state index contributed by atoms with van der Waals surface area (Å²) in [5.74, 6) is 2.04. The van der Waals surface area contributed by atoms with Gasteiger partial charge in [-0.15, -0.1) is 0 Å². The molecule has 0 aromatic heterocycles. The summed E-state index contributed by atoms with van der Waals surface area (Å²) in [4.78, 5) is 8.97. The van der Waals surface area contributed by atoms with Gasteiger partial charge in [-0.25, -0.2) is 0 Å². The van der Waals surface area contributed by atoms with Gasteiger partial charge in [0.15, 0.2) is 0 Å². The summed E-state index contributed by atoms with van der Waals surface area (Å²) in [6.07, 6.45) is 7.48. The Balaban J connectivity index is 2.31.